The zero-order chi connectivity index (χ0) is 15.1. The predicted octanol–water partition coefficient (Wildman–Crippen LogP) is 2.90. The number of hydrogen-bond acceptors (Lipinski definition) is 2. The third-order valence-corrected chi connectivity index (χ3v) is 4.02. The lowest BCUT2D eigenvalue weighted by Gasteiger charge is -2.34. The molecule has 5 heteroatoms. The van der Waals surface area contributed by atoms with Crippen LogP contribution in [0, 0.1) is 0 Å². The quantitative estimate of drug-likeness (QED) is 0.635. The standard InChI is InChI=1S/C14H28N2O3/c1-6-10-13(5,11(17)18)15-12(19)16-14(7-2,8-3)9-4/h6-10H2,1-5H3,(H,17,18)(H2,15,16,19). The minimum atomic E-state index is -1.21. The molecule has 0 spiro atoms. The van der Waals surface area contributed by atoms with Gasteiger partial charge in [-0.15, -0.1) is 0 Å². The van der Waals surface area contributed by atoms with Crippen molar-refractivity contribution >= 4 is 12.0 Å². The summed E-state index contributed by atoms with van der Waals surface area (Å²) in [5, 5.41) is 14.8. The summed E-state index contributed by atoms with van der Waals surface area (Å²) >= 11 is 0. The summed E-state index contributed by atoms with van der Waals surface area (Å²) in [6, 6.07) is -0.399. The van der Waals surface area contributed by atoms with E-state index in [1.807, 2.05) is 27.7 Å². The summed E-state index contributed by atoms with van der Waals surface area (Å²) in [4.78, 5) is 23.3. The summed E-state index contributed by atoms with van der Waals surface area (Å²) in [6.45, 7) is 9.51. The van der Waals surface area contributed by atoms with Crippen molar-refractivity contribution in [3.8, 4) is 0 Å². The molecule has 0 aromatic carbocycles. The van der Waals surface area contributed by atoms with Crippen molar-refractivity contribution in [3.63, 3.8) is 0 Å². The van der Waals surface area contributed by atoms with Gasteiger partial charge in [-0.2, -0.15) is 0 Å². The van der Waals surface area contributed by atoms with E-state index >= 15 is 0 Å². The SMILES string of the molecule is CCCC(C)(NC(=O)NC(CC)(CC)CC)C(=O)O. The van der Waals surface area contributed by atoms with Crippen LogP contribution < -0.4 is 10.6 Å². The number of hydrogen-bond donors (Lipinski definition) is 3. The summed E-state index contributed by atoms with van der Waals surface area (Å²) in [6.07, 6.45) is 3.58. The molecule has 0 radical (unpaired) electrons. The van der Waals surface area contributed by atoms with Crippen LogP contribution in [-0.4, -0.2) is 28.2 Å². The van der Waals surface area contributed by atoms with Gasteiger partial charge in [0, 0.05) is 5.54 Å². The van der Waals surface area contributed by atoms with Crippen LogP contribution in [0.1, 0.15) is 66.7 Å². The molecule has 0 aliphatic carbocycles. The molecule has 0 aromatic rings. The molecule has 0 bridgehead atoms. The molecule has 1 atom stereocenters. The molecule has 19 heavy (non-hydrogen) atoms. The Hall–Kier alpha value is -1.26. The van der Waals surface area contributed by atoms with Crippen LogP contribution in [0.2, 0.25) is 0 Å². The van der Waals surface area contributed by atoms with Crippen LogP contribution in [0.25, 0.3) is 0 Å². The molecule has 0 heterocycles. The van der Waals surface area contributed by atoms with Gasteiger partial charge in [0.25, 0.3) is 0 Å². The maximum atomic E-state index is 12.0. The molecule has 1 unspecified atom stereocenters. The second-order valence-corrected chi connectivity index (χ2v) is 5.31. The molecular formula is C14H28N2O3. The van der Waals surface area contributed by atoms with E-state index in [1.54, 1.807) is 6.92 Å². The normalized spacial score (nSPS) is 14.6. The summed E-state index contributed by atoms with van der Waals surface area (Å²) < 4.78 is 0. The molecule has 0 aliphatic heterocycles. The highest BCUT2D eigenvalue weighted by molar-refractivity contribution is 5.86. The lowest BCUT2D eigenvalue weighted by atomic mass is 9.90. The van der Waals surface area contributed by atoms with Gasteiger partial charge in [-0.05, 0) is 32.6 Å². The van der Waals surface area contributed by atoms with Gasteiger partial charge in [-0.1, -0.05) is 34.1 Å². The molecule has 0 saturated heterocycles. The Bertz CT molecular complexity index is 306. The van der Waals surface area contributed by atoms with Crippen molar-refractivity contribution in [3.05, 3.63) is 0 Å². The van der Waals surface area contributed by atoms with Crippen molar-refractivity contribution in [2.24, 2.45) is 0 Å². The van der Waals surface area contributed by atoms with Crippen LogP contribution in [0.4, 0.5) is 4.79 Å². The van der Waals surface area contributed by atoms with Crippen LogP contribution >= 0.6 is 0 Å². The number of carboxylic acids is 1. The second kappa shape index (κ2) is 7.36. The Morgan fingerprint density at radius 1 is 1.00 bits per heavy atom. The van der Waals surface area contributed by atoms with Gasteiger partial charge in [0.2, 0.25) is 0 Å². The van der Waals surface area contributed by atoms with E-state index in [2.05, 4.69) is 10.6 Å². The van der Waals surface area contributed by atoms with Gasteiger partial charge in [0.1, 0.15) is 5.54 Å². The number of urea groups is 1. The monoisotopic (exact) mass is 272 g/mol. The van der Waals surface area contributed by atoms with Crippen molar-refractivity contribution in [1.82, 2.24) is 10.6 Å². The van der Waals surface area contributed by atoms with E-state index in [4.69, 9.17) is 0 Å². The third kappa shape index (κ3) is 4.73. The van der Waals surface area contributed by atoms with E-state index in [0.717, 1.165) is 19.3 Å². The van der Waals surface area contributed by atoms with Crippen molar-refractivity contribution < 1.29 is 14.7 Å². The fourth-order valence-corrected chi connectivity index (χ4v) is 2.26. The summed E-state index contributed by atoms with van der Waals surface area (Å²) in [5.41, 5.74) is -1.46. The van der Waals surface area contributed by atoms with Crippen LogP contribution in [-0.2, 0) is 4.79 Å². The maximum Gasteiger partial charge on any atom is 0.329 e. The Morgan fingerprint density at radius 2 is 1.47 bits per heavy atom. The maximum absolute atomic E-state index is 12.0. The van der Waals surface area contributed by atoms with Gasteiger partial charge in [0.15, 0.2) is 0 Å². The third-order valence-electron chi connectivity index (χ3n) is 4.02. The molecule has 5 nitrogen and oxygen atoms in total. The highest BCUT2D eigenvalue weighted by Crippen LogP contribution is 2.20. The highest BCUT2D eigenvalue weighted by Gasteiger charge is 2.35. The first-order valence-corrected chi connectivity index (χ1v) is 7.12. The van der Waals surface area contributed by atoms with Gasteiger partial charge in [-0.25, -0.2) is 9.59 Å². The Labute approximate surface area is 116 Å². The number of carboxylic acid groups (broad SMARTS) is 1. The van der Waals surface area contributed by atoms with Crippen molar-refractivity contribution in [2.75, 3.05) is 0 Å². The lowest BCUT2D eigenvalue weighted by molar-refractivity contribution is -0.144. The van der Waals surface area contributed by atoms with Gasteiger partial charge >= 0.3 is 12.0 Å². The van der Waals surface area contributed by atoms with Crippen LogP contribution in [0.15, 0.2) is 0 Å². The zero-order valence-corrected chi connectivity index (χ0v) is 12.8. The summed E-state index contributed by atoms with van der Waals surface area (Å²) in [5.74, 6) is -1.00. The van der Waals surface area contributed by atoms with Gasteiger partial charge < -0.3 is 15.7 Å². The van der Waals surface area contributed by atoms with Crippen molar-refractivity contribution in [2.45, 2.75) is 77.8 Å². The number of carbonyl (C=O) groups excluding carboxylic acids is 1. The molecule has 0 fully saturated rings. The number of rotatable bonds is 8. The average molecular weight is 272 g/mol. The molecule has 0 aromatic heterocycles. The molecule has 0 rings (SSSR count). The van der Waals surface area contributed by atoms with Gasteiger partial charge in [-0.3, -0.25) is 0 Å². The Morgan fingerprint density at radius 3 is 1.79 bits per heavy atom. The van der Waals surface area contributed by atoms with E-state index in [9.17, 15) is 14.7 Å². The minimum Gasteiger partial charge on any atom is -0.480 e. The van der Waals surface area contributed by atoms with E-state index in [-0.39, 0.29) is 5.54 Å². The lowest BCUT2D eigenvalue weighted by Crippen LogP contribution is -2.59. The first kappa shape index (κ1) is 17.7. The minimum absolute atomic E-state index is 0.254. The number of carbonyl (C=O) groups is 2. The molecule has 0 aliphatic rings. The first-order valence-electron chi connectivity index (χ1n) is 7.12. The number of amides is 2. The molecule has 0 saturated carbocycles. The van der Waals surface area contributed by atoms with E-state index < -0.39 is 17.5 Å². The van der Waals surface area contributed by atoms with E-state index in [0.29, 0.717) is 12.8 Å². The second-order valence-electron chi connectivity index (χ2n) is 5.31. The first-order chi connectivity index (χ1) is 8.79. The fraction of sp³-hybridized carbons (Fsp3) is 0.857. The smallest absolute Gasteiger partial charge is 0.329 e. The van der Waals surface area contributed by atoms with E-state index in [1.165, 1.54) is 0 Å². The number of aliphatic carboxylic acids is 1. The highest BCUT2D eigenvalue weighted by atomic mass is 16.4. The Balaban J connectivity index is 4.80. The van der Waals surface area contributed by atoms with Gasteiger partial charge in [0.05, 0.1) is 0 Å². The molecule has 112 valence electrons. The van der Waals surface area contributed by atoms with Crippen molar-refractivity contribution in [1.29, 1.82) is 0 Å². The van der Waals surface area contributed by atoms with Crippen LogP contribution in [0.5, 0.6) is 0 Å². The number of nitrogens with one attached hydrogen (secondary N) is 2. The molecular weight excluding hydrogens is 244 g/mol. The topological polar surface area (TPSA) is 78.4 Å². The van der Waals surface area contributed by atoms with Crippen LogP contribution in [0.3, 0.4) is 0 Å². The fourth-order valence-electron chi connectivity index (χ4n) is 2.26. The zero-order valence-electron chi connectivity index (χ0n) is 12.8. The Kier molecular flexibility index (Phi) is 6.87. The largest absolute Gasteiger partial charge is 0.480 e. The summed E-state index contributed by atoms with van der Waals surface area (Å²) in [7, 11) is 0. The predicted molar refractivity (Wildman–Crippen MR) is 76.2 cm³/mol. The average Bonchev–Trinajstić information content (AvgIpc) is 2.36. The molecule has 2 amide bonds. The molecule has 3 N–H and O–H groups in total.